The fourth-order valence-electron chi connectivity index (χ4n) is 2.11. The fourth-order valence-corrected chi connectivity index (χ4v) is 3.66. The van der Waals surface area contributed by atoms with Crippen LogP contribution in [0.5, 0.6) is 0 Å². The molecule has 3 heterocycles. The van der Waals surface area contributed by atoms with Crippen LogP contribution in [0.4, 0.5) is 0 Å². The van der Waals surface area contributed by atoms with Crippen LogP contribution < -0.4 is 0 Å². The van der Waals surface area contributed by atoms with Crippen LogP contribution in [0.25, 0.3) is 21.3 Å². The van der Waals surface area contributed by atoms with E-state index in [0.717, 1.165) is 17.6 Å². The van der Waals surface area contributed by atoms with Crippen molar-refractivity contribution in [2.24, 2.45) is 7.05 Å². The average molecular weight is 352 g/mol. The van der Waals surface area contributed by atoms with Crippen molar-refractivity contribution >= 4 is 37.4 Å². The van der Waals surface area contributed by atoms with Gasteiger partial charge in [0.15, 0.2) is 0 Å². The van der Waals surface area contributed by atoms with Gasteiger partial charge in [0.05, 0.1) is 23.5 Å². The number of carbonyl (C=O) groups excluding carboxylic acids is 1. The molecule has 0 aliphatic carbocycles. The van der Waals surface area contributed by atoms with Crippen LogP contribution in [0.15, 0.2) is 23.7 Å². The number of hydrogen-bond acceptors (Lipinski definition) is 8. The first kappa shape index (κ1) is 15.6. The Morgan fingerprint density at radius 1 is 1.35 bits per heavy atom. The molecule has 10 heteroatoms. The summed E-state index contributed by atoms with van der Waals surface area (Å²) < 4.78 is 30.4. The highest BCUT2D eigenvalue weighted by molar-refractivity contribution is 7.90. The van der Waals surface area contributed by atoms with Gasteiger partial charge in [0.2, 0.25) is 15.0 Å². The second-order valence-corrected chi connectivity index (χ2v) is 7.80. The first-order valence-electron chi connectivity index (χ1n) is 6.38. The van der Waals surface area contributed by atoms with Crippen molar-refractivity contribution in [2.75, 3.05) is 13.4 Å². The molecule has 0 aromatic carbocycles. The van der Waals surface area contributed by atoms with Crippen LogP contribution in [0, 0.1) is 0 Å². The van der Waals surface area contributed by atoms with Gasteiger partial charge in [-0.2, -0.15) is 5.10 Å². The summed E-state index contributed by atoms with van der Waals surface area (Å²) in [4.78, 5) is 20.4. The number of nitrogens with zero attached hydrogens (tertiary/aromatic N) is 4. The summed E-state index contributed by atoms with van der Waals surface area (Å²) >= 11 is 1.15. The lowest BCUT2D eigenvalue weighted by molar-refractivity contribution is 0.0607. The summed E-state index contributed by atoms with van der Waals surface area (Å²) in [5.41, 5.74) is 1.54. The first-order chi connectivity index (χ1) is 10.8. The predicted octanol–water partition coefficient (Wildman–Crippen LogP) is 1.28. The normalized spacial score (nSPS) is 11.8. The number of sulfone groups is 1. The molecule has 8 nitrogen and oxygen atoms in total. The fraction of sp³-hybridized carbons (Fsp3) is 0.231. The number of ether oxygens (including phenoxy) is 1. The third-order valence-corrected chi connectivity index (χ3v) is 5.06. The van der Waals surface area contributed by atoms with Crippen LogP contribution in [-0.2, 0) is 21.6 Å². The van der Waals surface area contributed by atoms with E-state index >= 15 is 0 Å². The van der Waals surface area contributed by atoms with Crippen LogP contribution in [0.2, 0.25) is 0 Å². The van der Waals surface area contributed by atoms with Crippen molar-refractivity contribution in [3.63, 3.8) is 0 Å². The molecule has 0 radical (unpaired) electrons. The van der Waals surface area contributed by atoms with Crippen LogP contribution >= 0.6 is 11.3 Å². The van der Waals surface area contributed by atoms with Gasteiger partial charge in [-0.3, -0.25) is 4.68 Å². The maximum Gasteiger partial charge on any atom is 0.348 e. The van der Waals surface area contributed by atoms with Crippen molar-refractivity contribution in [1.82, 2.24) is 19.7 Å². The molecule has 3 aromatic heterocycles. The monoisotopic (exact) mass is 352 g/mol. The maximum absolute atomic E-state index is 12.1. The molecular weight excluding hydrogens is 340 g/mol. The van der Waals surface area contributed by atoms with Crippen LogP contribution in [-0.4, -0.2) is 47.5 Å². The molecule has 0 amide bonds. The second-order valence-electron chi connectivity index (χ2n) is 4.84. The molecular formula is C13H12N4O4S2. The van der Waals surface area contributed by atoms with E-state index in [4.69, 9.17) is 4.74 Å². The minimum absolute atomic E-state index is 0.288. The second kappa shape index (κ2) is 5.39. The van der Waals surface area contributed by atoms with Gasteiger partial charge in [-0.15, -0.1) is 11.3 Å². The number of hydrogen-bond donors (Lipinski definition) is 0. The SMILES string of the molecule is COC(=O)c1sc2cnc(S(C)(=O)=O)nc2c1-c1cnn(C)c1. The van der Waals surface area contributed by atoms with Crippen molar-refractivity contribution in [3.8, 4) is 11.1 Å². The molecule has 0 aliphatic rings. The Labute approximate surface area is 135 Å². The zero-order valence-electron chi connectivity index (χ0n) is 12.5. The summed E-state index contributed by atoms with van der Waals surface area (Å²) in [6.45, 7) is 0. The third-order valence-electron chi connectivity index (χ3n) is 3.10. The van der Waals surface area contributed by atoms with Crippen molar-refractivity contribution < 1.29 is 17.9 Å². The largest absolute Gasteiger partial charge is 0.465 e. The lowest BCUT2D eigenvalue weighted by Crippen LogP contribution is -2.03. The zero-order chi connectivity index (χ0) is 16.8. The van der Waals surface area contributed by atoms with Crippen LogP contribution in [0.1, 0.15) is 9.67 Å². The highest BCUT2D eigenvalue weighted by Crippen LogP contribution is 2.38. The Hall–Kier alpha value is -2.33. The summed E-state index contributed by atoms with van der Waals surface area (Å²) in [6, 6.07) is 0. The van der Waals surface area contributed by atoms with E-state index in [0.29, 0.717) is 26.2 Å². The number of rotatable bonds is 3. The average Bonchev–Trinajstić information content (AvgIpc) is 3.07. The van der Waals surface area contributed by atoms with E-state index in [1.807, 2.05) is 0 Å². The first-order valence-corrected chi connectivity index (χ1v) is 9.09. The molecule has 0 saturated heterocycles. The van der Waals surface area contributed by atoms with Gasteiger partial charge in [-0.05, 0) is 0 Å². The Morgan fingerprint density at radius 3 is 2.65 bits per heavy atom. The number of methoxy groups -OCH3 is 1. The molecule has 0 fully saturated rings. The highest BCUT2D eigenvalue weighted by Gasteiger charge is 2.24. The zero-order valence-corrected chi connectivity index (χ0v) is 14.1. The van der Waals surface area contributed by atoms with E-state index in [1.165, 1.54) is 13.3 Å². The number of fused-ring (bicyclic) bond motifs is 1. The van der Waals surface area contributed by atoms with Gasteiger partial charge < -0.3 is 4.74 Å². The Balaban J connectivity index is 2.38. The number of aromatic nitrogens is 4. The topological polar surface area (TPSA) is 104 Å². The van der Waals surface area contributed by atoms with Gasteiger partial charge in [-0.25, -0.2) is 23.2 Å². The maximum atomic E-state index is 12.1. The molecule has 23 heavy (non-hydrogen) atoms. The Kier molecular flexibility index (Phi) is 3.65. The van der Waals surface area contributed by atoms with Crippen molar-refractivity contribution in [1.29, 1.82) is 0 Å². The highest BCUT2D eigenvalue weighted by atomic mass is 32.2. The third kappa shape index (κ3) is 2.70. The quantitative estimate of drug-likeness (QED) is 0.516. The van der Waals surface area contributed by atoms with E-state index in [9.17, 15) is 13.2 Å². The molecule has 0 aliphatic heterocycles. The minimum atomic E-state index is -3.56. The summed E-state index contributed by atoms with van der Waals surface area (Å²) in [7, 11) is -0.531. The molecule has 3 rings (SSSR count). The van der Waals surface area contributed by atoms with Crippen molar-refractivity contribution in [3.05, 3.63) is 23.5 Å². The minimum Gasteiger partial charge on any atom is -0.465 e. The lowest BCUT2D eigenvalue weighted by Gasteiger charge is -2.01. The number of thiophene rings is 1. The van der Waals surface area contributed by atoms with E-state index in [1.54, 1.807) is 24.1 Å². The summed E-state index contributed by atoms with van der Waals surface area (Å²) in [6.07, 6.45) is 5.73. The van der Waals surface area contributed by atoms with Crippen molar-refractivity contribution in [2.45, 2.75) is 5.16 Å². The number of esters is 1. The molecule has 3 aromatic rings. The molecule has 0 bridgehead atoms. The molecule has 0 N–H and O–H groups in total. The van der Waals surface area contributed by atoms with Gasteiger partial charge in [0.25, 0.3) is 0 Å². The van der Waals surface area contributed by atoms with E-state index in [-0.39, 0.29) is 5.16 Å². The molecule has 0 spiro atoms. The van der Waals surface area contributed by atoms with Gasteiger partial charge in [-0.1, -0.05) is 0 Å². The number of aryl methyl sites for hydroxylation is 1. The Morgan fingerprint density at radius 2 is 2.09 bits per heavy atom. The Bertz CT molecular complexity index is 1020. The van der Waals surface area contributed by atoms with Crippen LogP contribution in [0.3, 0.4) is 0 Å². The smallest absolute Gasteiger partial charge is 0.348 e. The standard InChI is InChI=1S/C13H12N4O4S2/c1-17-6-7(4-15-17)9-10-8(22-11(9)12(18)21-2)5-14-13(16-10)23(3,19)20/h4-6H,1-3H3. The van der Waals surface area contributed by atoms with E-state index in [2.05, 4.69) is 15.1 Å². The van der Waals surface area contributed by atoms with E-state index < -0.39 is 15.8 Å². The molecule has 0 saturated carbocycles. The summed E-state index contributed by atoms with van der Waals surface area (Å²) in [5, 5.41) is 3.80. The predicted molar refractivity (Wildman–Crippen MR) is 84.1 cm³/mol. The van der Waals surface area contributed by atoms with Gasteiger partial charge in [0, 0.05) is 36.8 Å². The lowest BCUT2D eigenvalue weighted by atomic mass is 10.1. The van der Waals surface area contributed by atoms with Gasteiger partial charge in [0.1, 0.15) is 4.88 Å². The number of carbonyl (C=O) groups is 1. The molecule has 0 unspecified atom stereocenters. The summed E-state index contributed by atoms with van der Waals surface area (Å²) in [5.74, 6) is -0.521. The molecule has 120 valence electrons. The molecule has 0 atom stereocenters. The van der Waals surface area contributed by atoms with Gasteiger partial charge >= 0.3 is 5.97 Å².